The minimum absolute atomic E-state index is 0. The number of sulfonamides is 1. The predicted molar refractivity (Wildman–Crippen MR) is 107 cm³/mol. The number of aliphatic imine (C=N–C) groups is 1. The summed E-state index contributed by atoms with van der Waals surface area (Å²) in [7, 11) is 0.474. The Morgan fingerprint density at radius 2 is 2.04 bits per heavy atom. The van der Waals surface area contributed by atoms with Gasteiger partial charge >= 0.3 is 0 Å². The highest BCUT2D eigenvalue weighted by Crippen LogP contribution is 2.25. The van der Waals surface area contributed by atoms with Crippen LogP contribution in [0.15, 0.2) is 4.99 Å². The SMILES string of the molecule is CN=C(NCCS(=O)(=O)NCC1CCC1)N(C)CC1CCOC1.I. The van der Waals surface area contributed by atoms with E-state index in [1.807, 2.05) is 11.9 Å². The molecule has 0 bridgehead atoms. The van der Waals surface area contributed by atoms with Crippen LogP contribution in [0.1, 0.15) is 25.7 Å². The Kier molecular flexibility index (Phi) is 9.83. The van der Waals surface area contributed by atoms with Crippen molar-refractivity contribution in [3.63, 3.8) is 0 Å². The molecule has 1 atom stereocenters. The van der Waals surface area contributed by atoms with E-state index in [1.54, 1.807) is 7.05 Å². The molecular weight excluding hydrogens is 443 g/mol. The number of nitrogens with one attached hydrogen (secondary N) is 2. The van der Waals surface area contributed by atoms with E-state index in [0.717, 1.165) is 45.0 Å². The quantitative estimate of drug-likeness (QED) is 0.310. The zero-order valence-electron chi connectivity index (χ0n) is 14.7. The van der Waals surface area contributed by atoms with E-state index in [0.29, 0.717) is 24.9 Å². The smallest absolute Gasteiger partial charge is 0.213 e. The second-order valence-electron chi connectivity index (χ2n) is 6.55. The molecule has 1 heterocycles. The highest BCUT2D eigenvalue weighted by Gasteiger charge is 2.21. The van der Waals surface area contributed by atoms with E-state index in [9.17, 15) is 8.42 Å². The molecule has 2 N–H and O–H groups in total. The van der Waals surface area contributed by atoms with Crippen molar-refractivity contribution in [3.8, 4) is 0 Å². The van der Waals surface area contributed by atoms with Gasteiger partial charge in [0, 0.05) is 46.3 Å². The van der Waals surface area contributed by atoms with Gasteiger partial charge < -0.3 is 15.0 Å². The van der Waals surface area contributed by atoms with Crippen molar-refractivity contribution in [3.05, 3.63) is 0 Å². The van der Waals surface area contributed by atoms with Crippen LogP contribution < -0.4 is 10.0 Å². The van der Waals surface area contributed by atoms with Gasteiger partial charge in [-0.2, -0.15) is 0 Å². The van der Waals surface area contributed by atoms with Gasteiger partial charge in [-0.3, -0.25) is 4.99 Å². The number of halogens is 1. The van der Waals surface area contributed by atoms with E-state index in [4.69, 9.17) is 4.74 Å². The van der Waals surface area contributed by atoms with E-state index in [-0.39, 0.29) is 29.7 Å². The van der Waals surface area contributed by atoms with Gasteiger partial charge in [0.15, 0.2) is 5.96 Å². The number of ether oxygens (including phenoxy) is 1. The fourth-order valence-corrected chi connectivity index (χ4v) is 3.90. The van der Waals surface area contributed by atoms with Crippen LogP contribution in [0.5, 0.6) is 0 Å². The maximum Gasteiger partial charge on any atom is 0.213 e. The van der Waals surface area contributed by atoms with Gasteiger partial charge in [0.2, 0.25) is 10.0 Å². The molecule has 0 aromatic carbocycles. The first-order valence-corrected chi connectivity index (χ1v) is 10.1. The third-order valence-corrected chi connectivity index (χ3v) is 5.95. The molecule has 1 saturated heterocycles. The molecule has 0 radical (unpaired) electrons. The molecule has 7 nitrogen and oxygen atoms in total. The topological polar surface area (TPSA) is 83.0 Å². The lowest BCUT2D eigenvalue weighted by molar-refractivity contribution is 0.181. The monoisotopic (exact) mass is 474 g/mol. The molecule has 24 heavy (non-hydrogen) atoms. The van der Waals surface area contributed by atoms with Gasteiger partial charge in [-0.15, -0.1) is 24.0 Å². The van der Waals surface area contributed by atoms with Gasteiger partial charge in [0.05, 0.1) is 12.4 Å². The average molecular weight is 474 g/mol. The molecule has 1 unspecified atom stereocenters. The van der Waals surface area contributed by atoms with Crippen LogP contribution in [0, 0.1) is 11.8 Å². The molecule has 1 aliphatic heterocycles. The van der Waals surface area contributed by atoms with Crippen LogP contribution in [-0.2, 0) is 14.8 Å². The molecule has 1 saturated carbocycles. The molecule has 2 aliphatic rings. The number of nitrogens with zero attached hydrogens (tertiary/aromatic N) is 2. The molecule has 0 aromatic rings. The largest absolute Gasteiger partial charge is 0.381 e. The van der Waals surface area contributed by atoms with Crippen molar-refractivity contribution in [2.75, 3.05) is 52.7 Å². The molecule has 0 amide bonds. The Morgan fingerprint density at radius 3 is 2.58 bits per heavy atom. The zero-order chi connectivity index (χ0) is 16.7. The molecule has 1 aliphatic carbocycles. The van der Waals surface area contributed by atoms with E-state index < -0.39 is 10.0 Å². The van der Waals surface area contributed by atoms with E-state index in [2.05, 4.69) is 15.0 Å². The molecule has 0 spiro atoms. The first-order valence-electron chi connectivity index (χ1n) is 8.47. The summed E-state index contributed by atoms with van der Waals surface area (Å²) in [5.74, 6) is 1.85. The normalized spacial score (nSPS) is 21.9. The number of guanidine groups is 1. The van der Waals surface area contributed by atoms with Crippen LogP contribution in [0.4, 0.5) is 0 Å². The van der Waals surface area contributed by atoms with Gasteiger partial charge in [0.25, 0.3) is 0 Å². The average Bonchev–Trinajstić information content (AvgIpc) is 2.94. The summed E-state index contributed by atoms with van der Waals surface area (Å²) >= 11 is 0. The van der Waals surface area contributed by atoms with Crippen molar-refractivity contribution in [1.82, 2.24) is 14.9 Å². The lowest BCUT2D eigenvalue weighted by Crippen LogP contribution is -2.44. The van der Waals surface area contributed by atoms with Gasteiger partial charge in [-0.1, -0.05) is 6.42 Å². The van der Waals surface area contributed by atoms with Crippen LogP contribution in [0.3, 0.4) is 0 Å². The molecule has 0 aromatic heterocycles. The zero-order valence-corrected chi connectivity index (χ0v) is 17.8. The summed E-state index contributed by atoms with van der Waals surface area (Å²) in [4.78, 5) is 6.26. The second-order valence-corrected chi connectivity index (χ2v) is 8.47. The second kappa shape index (κ2) is 10.8. The number of rotatable bonds is 8. The Balaban J connectivity index is 0.00000288. The summed E-state index contributed by atoms with van der Waals surface area (Å²) in [6.45, 7) is 3.43. The Labute approximate surface area is 163 Å². The fraction of sp³-hybridized carbons (Fsp3) is 0.933. The third-order valence-electron chi connectivity index (χ3n) is 4.60. The third kappa shape index (κ3) is 7.40. The van der Waals surface area contributed by atoms with E-state index >= 15 is 0 Å². The first-order chi connectivity index (χ1) is 11.0. The standard InChI is InChI=1S/C15H30N4O3S.HI/c1-16-15(19(2)11-14-6-8-22-12-14)17-7-9-23(20,21)18-10-13-4-3-5-13;/h13-14,18H,3-12H2,1-2H3,(H,16,17);1H. The van der Waals surface area contributed by atoms with Crippen LogP contribution in [0.25, 0.3) is 0 Å². The van der Waals surface area contributed by atoms with Gasteiger partial charge in [-0.25, -0.2) is 13.1 Å². The lowest BCUT2D eigenvalue weighted by atomic mass is 9.86. The summed E-state index contributed by atoms with van der Waals surface area (Å²) < 4.78 is 32.0. The molecule has 2 rings (SSSR count). The van der Waals surface area contributed by atoms with E-state index in [1.165, 1.54) is 6.42 Å². The minimum atomic E-state index is -3.21. The summed E-state index contributed by atoms with van der Waals surface area (Å²) in [6, 6.07) is 0. The summed E-state index contributed by atoms with van der Waals surface area (Å²) in [5.41, 5.74) is 0. The molecule has 9 heteroatoms. The summed E-state index contributed by atoms with van der Waals surface area (Å²) in [5, 5.41) is 3.13. The highest BCUT2D eigenvalue weighted by molar-refractivity contribution is 14.0. The van der Waals surface area contributed by atoms with Crippen molar-refractivity contribution in [1.29, 1.82) is 0 Å². The first kappa shape index (κ1) is 21.9. The Morgan fingerprint density at radius 1 is 1.29 bits per heavy atom. The van der Waals surface area contributed by atoms with Gasteiger partial charge in [-0.05, 0) is 25.2 Å². The lowest BCUT2D eigenvalue weighted by Gasteiger charge is -2.26. The fourth-order valence-electron chi connectivity index (χ4n) is 2.90. The Hall–Kier alpha value is -0.130. The molecular formula is C15H31IN4O3S. The van der Waals surface area contributed by atoms with Crippen LogP contribution in [0.2, 0.25) is 0 Å². The van der Waals surface area contributed by atoms with Crippen LogP contribution >= 0.6 is 24.0 Å². The highest BCUT2D eigenvalue weighted by atomic mass is 127. The minimum Gasteiger partial charge on any atom is -0.381 e. The molecule has 142 valence electrons. The maximum atomic E-state index is 12.0. The van der Waals surface area contributed by atoms with Crippen LogP contribution in [-0.4, -0.2) is 72.0 Å². The Bertz CT molecular complexity index is 491. The predicted octanol–water partition coefficient (Wildman–Crippen LogP) is 0.868. The number of hydrogen-bond acceptors (Lipinski definition) is 4. The van der Waals surface area contributed by atoms with Crippen molar-refractivity contribution >= 4 is 40.0 Å². The van der Waals surface area contributed by atoms with Crippen molar-refractivity contribution in [2.24, 2.45) is 16.8 Å². The van der Waals surface area contributed by atoms with Crippen molar-refractivity contribution in [2.45, 2.75) is 25.7 Å². The van der Waals surface area contributed by atoms with Gasteiger partial charge in [0.1, 0.15) is 0 Å². The summed E-state index contributed by atoms with van der Waals surface area (Å²) in [6.07, 6.45) is 4.58. The van der Waals surface area contributed by atoms with Crippen molar-refractivity contribution < 1.29 is 13.2 Å². The molecule has 2 fully saturated rings. The maximum absolute atomic E-state index is 12.0. The number of hydrogen-bond donors (Lipinski definition) is 2.